The van der Waals surface area contributed by atoms with E-state index in [2.05, 4.69) is 4.98 Å². The highest BCUT2D eigenvalue weighted by molar-refractivity contribution is 6.31. The fraction of sp³-hybridized carbons (Fsp3) is 0.379. The van der Waals surface area contributed by atoms with Gasteiger partial charge in [0, 0.05) is 29.7 Å². The molecule has 0 amide bonds. The maximum Gasteiger partial charge on any atom is 0.358 e. The van der Waals surface area contributed by atoms with E-state index in [1.165, 1.54) is 25.6 Å². The lowest BCUT2D eigenvalue weighted by molar-refractivity contribution is -0.148. The van der Waals surface area contributed by atoms with Gasteiger partial charge >= 0.3 is 17.9 Å². The Labute approximate surface area is 252 Å². The lowest BCUT2D eigenvalue weighted by atomic mass is 10.1. The van der Waals surface area contributed by atoms with Gasteiger partial charge in [-0.25, -0.2) is 19.4 Å². The lowest BCUT2D eigenvalue weighted by Gasteiger charge is -2.23. The van der Waals surface area contributed by atoms with Crippen LogP contribution in [0.4, 0.5) is 0 Å². The number of carbonyl (C=O) groups excluding carboxylic acids is 3. The molecular weight excluding hydrogens is 591 g/mol. The van der Waals surface area contributed by atoms with Gasteiger partial charge in [-0.2, -0.15) is 0 Å². The Kier molecular flexibility index (Phi) is 10.9. The Morgan fingerprint density at radius 3 is 2.05 bits per heavy atom. The predicted molar refractivity (Wildman–Crippen MR) is 150 cm³/mol. The van der Waals surface area contributed by atoms with E-state index in [0.717, 1.165) is 0 Å². The third-order valence-corrected chi connectivity index (χ3v) is 6.86. The molecule has 0 radical (unpaired) electrons. The maximum absolute atomic E-state index is 13.0. The molecule has 3 atom stereocenters. The van der Waals surface area contributed by atoms with Crippen molar-refractivity contribution in [2.45, 2.75) is 45.0 Å². The topological polar surface area (TPSA) is 124 Å². The quantitative estimate of drug-likeness (QED) is 0.147. The average molecular weight is 621 g/mol. The van der Waals surface area contributed by atoms with Crippen molar-refractivity contribution in [2.75, 3.05) is 26.9 Å². The molecule has 4 rings (SSSR count). The SMILES string of the molecule is CCOC(OCC)c1c(C(=O)OC)ncn1[C@@H]1CC(OC(=O)c2ccc(Cl)cc2)[C@@H](COC(=O)c2ccc(Cl)cc2)O1. The molecule has 11 nitrogen and oxygen atoms in total. The number of hydrogen-bond donors (Lipinski definition) is 0. The summed E-state index contributed by atoms with van der Waals surface area (Å²) in [6.45, 7) is 3.91. The van der Waals surface area contributed by atoms with E-state index >= 15 is 0 Å². The van der Waals surface area contributed by atoms with Gasteiger partial charge in [0.1, 0.15) is 30.7 Å². The van der Waals surface area contributed by atoms with Crippen LogP contribution < -0.4 is 0 Å². The van der Waals surface area contributed by atoms with Crippen molar-refractivity contribution < 1.29 is 42.8 Å². The van der Waals surface area contributed by atoms with Crippen LogP contribution in [0.15, 0.2) is 54.9 Å². The minimum atomic E-state index is -0.961. The van der Waals surface area contributed by atoms with Crippen LogP contribution in [0.2, 0.25) is 10.0 Å². The highest BCUT2D eigenvalue weighted by atomic mass is 35.5. The third kappa shape index (κ3) is 7.47. The van der Waals surface area contributed by atoms with Crippen molar-refractivity contribution >= 4 is 41.1 Å². The monoisotopic (exact) mass is 620 g/mol. The standard InChI is InChI=1S/C29H30Cl2N2O9/c1-4-38-29(39-5-2)25-24(28(36)37-3)32-16-33(25)23-14-21(42-27(35)18-8-12-20(31)13-9-18)22(41-23)15-40-26(34)17-6-10-19(30)11-7-17/h6-13,16,21-23,29H,4-5,14-15H2,1-3H3/t21?,22-,23+/m1/s1. The van der Waals surface area contributed by atoms with Crippen LogP contribution >= 0.6 is 23.2 Å². The molecule has 2 aromatic carbocycles. The van der Waals surface area contributed by atoms with Gasteiger partial charge in [0.05, 0.1) is 24.6 Å². The third-order valence-electron chi connectivity index (χ3n) is 6.36. The number of carbonyl (C=O) groups is 3. The number of imidazole rings is 1. The van der Waals surface area contributed by atoms with Gasteiger partial charge in [0.15, 0.2) is 5.69 Å². The molecule has 1 unspecified atom stereocenters. The zero-order valence-electron chi connectivity index (χ0n) is 23.2. The largest absolute Gasteiger partial charge is 0.464 e. The van der Waals surface area contributed by atoms with Gasteiger partial charge in [-0.3, -0.25) is 0 Å². The first-order chi connectivity index (χ1) is 20.2. The Balaban J connectivity index is 1.61. The molecule has 3 aromatic rings. The van der Waals surface area contributed by atoms with Gasteiger partial charge in [0.2, 0.25) is 6.29 Å². The fourth-order valence-corrected chi connectivity index (χ4v) is 4.61. The van der Waals surface area contributed by atoms with Crippen molar-refractivity contribution in [1.29, 1.82) is 0 Å². The zero-order chi connectivity index (χ0) is 30.2. The number of methoxy groups -OCH3 is 1. The molecule has 1 aliphatic heterocycles. The minimum absolute atomic E-state index is 0.0136. The molecule has 0 spiro atoms. The van der Waals surface area contributed by atoms with Crippen molar-refractivity contribution in [3.63, 3.8) is 0 Å². The van der Waals surface area contributed by atoms with Gasteiger partial charge in [0.25, 0.3) is 0 Å². The van der Waals surface area contributed by atoms with E-state index in [0.29, 0.717) is 15.6 Å². The van der Waals surface area contributed by atoms with E-state index < -0.39 is 42.6 Å². The van der Waals surface area contributed by atoms with E-state index in [9.17, 15) is 14.4 Å². The predicted octanol–water partition coefficient (Wildman–Crippen LogP) is 5.42. The molecule has 0 aliphatic carbocycles. The molecule has 0 N–H and O–H groups in total. The second-order valence-corrected chi connectivity index (χ2v) is 9.91. The number of rotatable bonds is 12. The van der Waals surface area contributed by atoms with Gasteiger partial charge in [-0.05, 0) is 62.4 Å². The number of aromatic nitrogens is 2. The summed E-state index contributed by atoms with van der Waals surface area (Å²) >= 11 is 11.9. The van der Waals surface area contributed by atoms with Crippen LogP contribution in [0, 0.1) is 0 Å². The van der Waals surface area contributed by atoms with Crippen molar-refractivity contribution in [1.82, 2.24) is 9.55 Å². The first-order valence-corrected chi connectivity index (χ1v) is 13.9. The summed E-state index contributed by atoms with van der Waals surface area (Å²) in [5.41, 5.74) is 0.834. The van der Waals surface area contributed by atoms with Crippen molar-refractivity contribution in [3.05, 3.63) is 87.4 Å². The number of esters is 3. The second-order valence-electron chi connectivity index (χ2n) is 9.04. The summed E-state index contributed by atoms with van der Waals surface area (Å²) in [7, 11) is 1.24. The number of hydrogen-bond acceptors (Lipinski definition) is 10. The summed E-state index contributed by atoms with van der Waals surface area (Å²) in [4.78, 5) is 42.5. The second kappa shape index (κ2) is 14.6. The van der Waals surface area contributed by atoms with Crippen LogP contribution in [0.5, 0.6) is 0 Å². The van der Waals surface area contributed by atoms with Crippen LogP contribution in [-0.4, -0.2) is 66.6 Å². The normalized spacial score (nSPS) is 18.2. The Morgan fingerprint density at radius 2 is 1.50 bits per heavy atom. The Morgan fingerprint density at radius 1 is 0.929 bits per heavy atom. The van der Waals surface area contributed by atoms with E-state index in [1.807, 2.05) is 0 Å². The first-order valence-electron chi connectivity index (χ1n) is 13.2. The molecule has 224 valence electrons. The van der Waals surface area contributed by atoms with Gasteiger partial charge in [-0.15, -0.1) is 0 Å². The van der Waals surface area contributed by atoms with Crippen LogP contribution in [0.3, 0.4) is 0 Å². The van der Waals surface area contributed by atoms with Crippen LogP contribution in [0.1, 0.15) is 69.7 Å². The Hall–Kier alpha value is -3.48. The van der Waals surface area contributed by atoms with Gasteiger partial charge < -0.3 is 33.0 Å². The molecule has 1 aromatic heterocycles. The van der Waals surface area contributed by atoms with Crippen molar-refractivity contribution in [2.24, 2.45) is 0 Å². The lowest BCUT2D eigenvalue weighted by Crippen LogP contribution is -2.32. The average Bonchev–Trinajstić information content (AvgIpc) is 3.60. The zero-order valence-corrected chi connectivity index (χ0v) is 24.7. The molecule has 13 heteroatoms. The smallest absolute Gasteiger partial charge is 0.358 e. The summed E-state index contributed by atoms with van der Waals surface area (Å²) in [6.07, 6.45) is -1.93. The van der Waals surface area contributed by atoms with E-state index in [1.54, 1.807) is 54.8 Å². The molecule has 1 aliphatic rings. The van der Waals surface area contributed by atoms with E-state index in [4.69, 9.17) is 51.6 Å². The summed E-state index contributed by atoms with van der Waals surface area (Å²) < 4.78 is 35.6. The minimum Gasteiger partial charge on any atom is -0.464 e. The molecule has 1 fully saturated rings. The van der Waals surface area contributed by atoms with Crippen LogP contribution in [-0.2, 0) is 28.4 Å². The highest BCUT2D eigenvalue weighted by Gasteiger charge is 2.42. The highest BCUT2D eigenvalue weighted by Crippen LogP contribution is 2.36. The molecular formula is C29H30Cl2N2O9. The molecule has 2 heterocycles. The number of halogens is 2. The summed E-state index contributed by atoms with van der Waals surface area (Å²) in [5.74, 6) is -1.91. The first kappa shape index (κ1) is 31.5. The molecule has 0 saturated carbocycles. The Bertz CT molecular complexity index is 1370. The molecule has 1 saturated heterocycles. The molecule has 42 heavy (non-hydrogen) atoms. The molecule has 0 bridgehead atoms. The fourth-order valence-electron chi connectivity index (χ4n) is 4.36. The number of nitrogens with zero attached hydrogens (tertiary/aromatic N) is 2. The summed E-state index contributed by atoms with van der Waals surface area (Å²) in [5, 5.41) is 0.942. The maximum atomic E-state index is 13.0. The summed E-state index contributed by atoms with van der Waals surface area (Å²) in [6, 6.07) is 12.4. The van der Waals surface area contributed by atoms with Crippen molar-refractivity contribution in [3.8, 4) is 0 Å². The van der Waals surface area contributed by atoms with Crippen LogP contribution in [0.25, 0.3) is 0 Å². The van der Waals surface area contributed by atoms with E-state index in [-0.39, 0.29) is 43.2 Å². The number of benzene rings is 2. The number of ether oxygens (including phenoxy) is 6. The van der Waals surface area contributed by atoms with Gasteiger partial charge in [-0.1, -0.05) is 23.2 Å².